The molecule has 3 aromatic heterocycles. The minimum Gasteiger partial charge on any atom is -0.368 e. The van der Waals surface area contributed by atoms with E-state index < -0.39 is 0 Å². The molecule has 6 heteroatoms. The number of fused-ring (bicyclic) bond motifs is 1. The molecule has 5 nitrogen and oxygen atoms in total. The molecule has 0 amide bonds. The average Bonchev–Trinajstić information content (AvgIpc) is 2.80. The van der Waals surface area contributed by atoms with Crippen molar-refractivity contribution in [2.45, 2.75) is 26.8 Å². The smallest absolute Gasteiger partial charge is 0.220 e. The van der Waals surface area contributed by atoms with Crippen molar-refractivity contribution < 1.29 is 0 Å². The largest absolute Gasteiger partial charge is 0.368 e. The van der Waals surface area contributed by atoms with Gasteiger partial charge in [0.15, 0.2) is 0 Å². The second kappa shape index (κ2) is 5.11. The summed E-state index contributed by atoms with van der Waals surface area (Å²) >= 11 is 3.44. The van der Waals surface area contributed by atoms with E-state index >= 15 is 0 Å². The van der Waals surface area contributed by atoms with Crippen LogP contribution in [0.15, 0.2) is 29.3 Å². The monoisotopic (exact) mass is 345 g/mol. The molecule has 3 aromatic rings. The number of halogens is 1. The lowest BCUT2D eigenvalue weighted by molar-refractivity contribution is 0.622. The number of nitrogens with two attached hydrogens (primary N) is 1. The Morgan fingerprint density at radius 2 is 2.00 bits per heavy atom. The molecule has 0 radical (unpaired) electrons. The predicted octanol–water partition coefficient (Wildman–Crippen LogP) is 3.73. The van der Waals surface area contributed by atoms with Gasteiger partial charge in [-0.2, -0.15) is 0 Å². The van der Waals surface area contributed by atoms with Crippen LogP contribution in [0.3, 0.4) is 0 Å². The summed E-state index contributed by atoms with van der Waals surface area (Å²) in [6, 6.07) is 2.35. The fourth-order valence-corrected chi connectivity index (χ4v) is 2.80. The van der Waals surface area contributed by atoms with E-state index in [1.54, 1.807) is 6.20 Å². The molecule has 0 unspecified atom stereocenters. The molecule has 0 aliphatic rings. The number of aryl methyl sites for hydroxylation is 1. The van der Waals surface area contributed by atoms with Gasteiger partial charge in [0.25, 0.3) is 0 Å². The molecule has 2 N–H and O–H groups in total. The quantitative estimate of drug-likeness (QED) is 0.718. The first-order valence-electron chi connectivity index (χ1n) is 6.73. The van der Waals surface area contributed by atoms with E-state index in [2.05, 4.69) is 55.5 Å². The normalized spacial score (nSPS) is 11.5. The minimum absolute atomic E-state index is 0.286. The van der Waals surface area contributed by atoms with Crippen molar-refractivity contribution in [3.63, 3.8) is 0 Å². The molecule has 0 saturated carbocycles. The van der Waals surface area contributed by atoms with E-state index in [0.717, 1.165) is 32.3 Å². The number of hydrogen-bond donors (Lipinski definition) is 1. The zero-order valence-corrected chi connectivity index (χ0v) is 13.7. The fraction of sp³-hybridized carbons (Fsp3) is 0.267. The molecular weight excluding hydrogens is 330 g/mol. The van der Waals surface area contributed by atoms with Crippen LogP contribution in [0.2, 0.25) is 0 Å². The van der Waals surface area contributed by atoms with Crippen LogP contribution in [0.1, 0.15) is 25.5 Å². The van der Waals surface area contributed by atoms with Crippen LogP contribution in [0, 0.1) is 6.92 Å². The summed E-state index contributed by atoms with van der Waals surface area (Å²) in [6.45, 7) is 6.28. The summed E-state index contributed by atoms with van der Waals surface area (Å²) in [5, 5.41) is 1.10. The lowest BCUT2D eigenvalue weighted by Gasteiger charge is -2.08. The third-order valence-electron chi connectivity index (χ3n) is 3.49. The van der Waals surface area contributed by atoms with Gasteiger partial charge in [0.05, 0.1) is 17.4 Å². The summed E-state index contributed by atoms with van der Waals surface area (Å²) in [6.07, 6.45) is 5.74. The summed E-state index contributed by atoms with van der Waals surface area (Å²) in [5.41, 5.74) is 9.75. The predicted molar refractivity (Wildman–Crippen MR) is 88.0 cm³/mol. The summed E-state index contributed by atoms with van der Waals surface area (Å²) in [5.74, 6) is 0.286. The van der Waals surface area contributed by atoms with Gasteiger partial charge in [-0.1, -0.05) is 0 Å². The SMILES string of the molecule is Cc1cnc(N)nc1-c1cn(C(C)C)c2cnc(Br)cc12. The molecule has 0 fully saturated rings. The van der Waals surface area contributed by atoms with Crippen molar-refractivity contribution in [3.05, 3.63) is 34.8 Å². The van der Waals surface area contributed by atoms with E-state index in [-0.39, 0.29) is 5.95 Å². The molecule has 3 rings (SSSR count). The Morgan fingerprint density at radius 1 is 1.24 bits per heavy atom. The van der Waals surface area contributed by atoms with Gasteiger partial charge in [0.2, 0.25) is 5.95 Å². The average molecular weight is 346 g/mol. The highest BCUT2D eigenvalue weighted by atomic mass is 79.9. The van der Waals surface area contributed by atoms with Crippen LogP contribution in [0.5, 0.6) is 0 Å². The first kappa shape index (κ1) is 14.0. The van der Waals surface area contributed by atoms with Crippen molar-refractivity contribution >= 4 is 32.8 Å². The number of rotatable bonds is 2. The van der Waals surface area contributed by atoms with E-state index in [1.807, 2.05) is 19.2 Å². The highest BCUT2D eigenvalue weighted by Gasteiger charge is 2.16. The maximum absolute atomic E-state index is 5.75. The number of pyridine rings is 1. The molecule has 0 spiro atoms. The Labute approximate surface area is 131 Å². The number of anilines is 1. The lowest BCUT2D eigenvalue weighted by Crippen LogP contribution is -1.99. The topological polar surface area (TPSA) is 69.6 Å². The highest BCUT2D eigenvalue weighted by Crippen LogP contribution is 2.34. The Morgan fingerprint density at radius 3 is 2.71 bits per heavy atom. The summed E-state index contributed by atoms with van der Waals surface area (Å²) in [7, 11) is 0. The summed E-state index contributed by atoms with van der Waals surface area (Å²) in [4.78, 5) is 12.8. The van der Waals surface area contributed by atoms with Gasteiger partial charge < -0.3 is 10.3 Å². The van der Waals surface area contributed by atoms with Gasteiger partial charge >= 0.3 is 0 Å². The van der Waals surface area contributed by atoms with Crippen LogP contribution in [0.25, 0.3) is 22.2 Å². The first-order valence-corrected chi connectivity index (χ1v) is 7.52. The van der Waals surface area contributed by atoms with Gasteiger partial charge in [-0.3, -0.25) is 0 Å². The Bertz CT molecular complexity index is 822. The lowest BCUT2D eigenvalue weighted by atomic mass is 10.1. The Hall–Kier alpha value is -1.95. The maximum atomic E-state index is 5.75. The van der Waals surface area contributed by atoms with Gasteiger partial charge in [-0.05, 0) is 48.3 Å². The van der Waals surface area contributed by atoms with Crippen LogP contribution in [0.4, 0.5) is 5.95 Å². The summed E-state index contributed by atoms with van der Waals surface area (Å²) < 4.78 is 3.00. The van der Waals surface area contributed by atoms with Crippen molar-refractivity contribution in [1.29, 1.82) is 0 Å². The van der Waals surface area contributed by atoms with E-state index in [9.17, 15) is 0 Å². The Balaban J connectivity index is 2.36. The number of hydrogen-bond acceptors (Lipinski definition) is 4. The van der Waals surface area contributed by atoms with Crippen molar-refractivity contribution in [2.75, 3.05) is 5.73 Å². The van der Waals surface area contributed by atoms with Crippen molar-refractivity contribution in [3.8, 4) is 11.3 Å². The fourth-order valence-electron chi connectivity index (χ4n) is 2.47. The van der Waals surface area contributed by atoms with Crippen LogP contribution >= 0.6 is 15.9 Å². The highest BCUT2D eigenvalue weighted by molar-refractivity contribution is 9.10. The van der Waals surface area contributed by atoms with E-state index in [4.69, 9.17) is 5.73 Å². The maximum Gasteiger partial charge on any atom is 0.220 e. The van der Waals surface area contributed by atoms with Crippen molar-refractivity contribution in [1.82, 2.24) is 19.5 Å². The molecule has 0 atom stereocenters. The third-order valence-corrected chi connectivity index (χ3v) is 3.92. The number of nitrogens with zero attached hydrogens (tertiary/aromatic N) is 4. The molecule has 0 saturated heterocycles. The van der Waals surface area contributed by atoms with Crippen LogP contribution in [-0.2, 0) is 0 Å². The zero-order chi connectivity index (χ0) is 15.1. The van der Waals surface area contributed by atoms with E-state index in [1.165, 1.54) is 0 Å². The molecule has 3 heterocycles. The standard InChI is InChI=1S/C15H16BrN5/c1-8(2)21-7-11(10-4-13(16)18-6-12(10)21)14-9(3)5-19-15(17)20-14/h4-8H,1-3H3,(H2,17,19,20). The van der Waals surface area contributed by atoms with Gasteiger partial charge in [-0.15, -0.1) is 0 Å². The van der Waals surface area contributed by atoms with Crippen LogP contribution < -0.4 is 5.73 Å². The molecule has 0 aliphatic carbocycles. The molecule has 0 bridgehead atoms. The van der Waals surface area contributed by atoms with Gasteiger partial charge in [0, 0.05) is 29.4 Å². The Kier molecular flexibility index (Phi) is 3.41. The third kappa shape index (κ3) is 2.40. The zero-order valence-electron chi connectivity index (χ0n) is 12.1. The second-order valence-corrected chi connectivity index (χ2v) is 6.14. The molecular formula is C15H16BrN5. The number of aromatic nitrogens is 4. The minimum atomic E-state index is 0.286. The molecule has 0 aromatic carbocycles. The molecule has 21 heavy (non-hydrogen) atoms. The van der Waals surface area contributed by atoms with Gasteiger partial charge in [-0.25, -0.2) is 15.0 Å². The van der Waals surface area contributed by atoms with E-state index in [0.29, 0.717) is 6.04 Å². The van der Waals surface area contributed by atoms with Crippen molar-refractivity contribution in [2.24, 2.45) is 0 Å². The number of nitrogen functional groups attached to an aromatic ring is 1. The first-order chi connectivity index (χ1) is 9.97. The molecule has 0 aliphatic heterocycles. The van der Waals surface area contributed by atoms with Crippen LogP contribution in [-0.4, -0.2) is 19.5 Å². The second-order valence-electron chi connectivity index (χ2n) is 5.33. The molecule has 108 valence electrons. The van der Waals surface area contributed by atoms with Gasteiger partial charge in [0.1, 0.15) is 4.60 Å².